The summed E-state index contributed by atoms with van der Waals surface area (Å²) in [6, 6.07) is 8.51. The monoisotopic (exact) mass is 310 g/mol. The zero-order valence-corrected chi connectivity index (χ0v) is 13.1. The molecule has 1 aromatic carbocycles. The van der Waals surface area contributed by atoms with Crippen molar-refractivity contribution in [3.8, 4) is 0 Å². The first-order valence-corrected chi connectivity index (χ1v) is 7.43. The van der Waals surface area contributed by atoms with E-state index in [1.165, 1.54) is 5.56 Å². The number of hydrogen-bond donors (Lipinski definition) is 2. The molecule has 0 aliphatic carbocycles. The van der Waals surface area contributed by atoms with Crippen LogP contribution >= 0.6 is 12.4 Å². The van der Waals surface area contributed by atoms with Crippen molar-refractivity contribution in [2.24, 2.45) is 5.92 Å². The number of carbonyl (C=O) groups excluding carboxylic acids is 1. The SMILES string of the molecule is Cc1ccc(C2OCCCC2NC(=O)C2CNC2)cc1.Cl. The van der Waals surface area contributed by atoms with Crippen molar-refractivity contribution in [2.75, 3.05) is 19.7 Å². The number of aryl methyl sites for hydroxylation is 1. The van der Waals surface area contributed by atoms with Crippen molar-refractivity contribution in [3.05, 3.63) is 35.4 Å². The molecule has 2 N–H and O–H groups in total. The Bertz CT molecular complexity index is 474. The molecule has 0 aromatic heterocycles. The predicted octanol–water partition coefficient (Wildman–Crippen LogP) is 1.97. The van der Waals surface area contributed by atoms with Gasteiger partial charge in [0.05, 0.1) is 12.0 Å². The number of benzene rings is 1. The van der Waals surface area contributed by atoms with Gasteiger partial charge in [0, 0.05) is 19.7 Å². The van der Waals surface area contributed by atoms with Gasteiger partial charge in [0.2, 0.25) is 5.91 Å². The first-order chi connectivity index (χ1) is 9.74. The maximum Gasteiger partial charge on any atom is 0.226 e. The van der Waals surface area contributed by atoms with Crippen LogP contribution in [0.15, 0.2) is 24.3 Å². The summed E-state index contributed by atoms with van der Waals surface area (Å²) in [5.41, 5.74) is 2.40. The lowest BCUT2D eigenvalue weighted by Crippen LogP contribution is -2.54. The fourth-order valence-corrected chi connectivity index (χ4v) is 2.79. The van der Waals surface area contributed by atoms with Crippen molar-refractivity contribution >= 4 is 18.3 Å². The van der Waals surface area contributed by atoms with Crippen LogP contribution in [0.2, 0.25) is 0 Å². The van der Waals surface area contributed by atoms with Crippen LogP contribution in [-0.4, -0.2) is 31.6 Å². The highest BCUT2D eigenvalue weighted by Crippen LogP contribution is 2.29. The van der Waals surface area contributed by atoms with E-state index in [4.69, 9.17) is 4.74 Å². The van der Waals surface area contributed by atoms with E-state index in [0.717, 1.165) is 38.1 Å². The largest absolute Gasteiger partial charge is 0.371 e. The summed E-state index contributed by atoms with van der Waals surface area (Å²) in [6.45, 7) is 4.45. The standard InChI is InChI=1S/C16H22N2O2.ClH/c1-11-4-6-12(7-5-11)15-14(3-2-8-20-15)18-16(19)13-9-17-10-13;/h4-7,13-15,17H,2-3,8-10H2,1H3,(H,18,19);1H. The van der Waals surface area contributed by atoms with Gasteiger partial charge >= 0.3 is 0 Å². The summed E-state index contributed by atoms with van der Waals surface area (Å²) in [7, 11) is 0. The molecule has 2 unspecified atom stereocenters. The molecule has 3 rings (SSSR count). The molecule has 2 saturated heterocycles. The van der Waals surface area contributed by atoms with Crippen LogP contribution < -0.4 is 10.6 Å². The Labute approximate surface area is 132 Å². The summed E-state index contributed by atoms with van der Waals surface area (Å²) >= 11 is 0. The highest BCUT2D eigenvalue weighted by atomic mass is 35.5. The third kappa shape index (κ3) is 3.76. The molecule has 2 atom stereocenters. The molecule has 0 spiro atoms. The summed E-state index contributed by atoms with van der Waals surface area (Å²) < 4.78 is 5.92. The molecule has 0 radical (unpaired) electrons. The van der Waals surface area contributed by atoms with Gasteiger partial charge in [-0.3, -0.25) is 4.79 Å². The van der Waals surface area contributed by atoms with Crippen LogP contribution in [0.5, 0.6) is 0 Å². The number of nitrogens with one attached hydrogen (secondary N) is 2. The molecular weight excluding hydrogens is 288 g/mol. The van der Waals surface area contributed by atoms with E-state index in [0.29, 0.717) is 0 Å². The third-order valence-corrected chi connectivity index (χ3v) is 4.21. The van der Waals surface area contributed by atoms with Gasteiger partial charge in [-0.2, -0.15) is 0 Å². The molecule has 1 aromatic rings. The fourth-order valence-electron chi connectivity index (χ4n) is 2.79. The molecule has 2 aliphatic rings. The van der Waals surface area contributed by atoms with Crippen LogP contribution in [0.25, 0.3) is 0 Å². The number of ether oxygens (including phenoxy) is 1. The molecule has 2 aliphatic heterocycles. The van der Waals surface area contributed by atoms with Gasteiger partial charge in [0.15, 0.2) is 0 Å². The molecule has 4 nitrogen and oxygen atoms in total. The van der Waals surface area contributed by atoms with E-state index in [2.05, 4.69) is 41.8 Å². The maximum absolute atomic E-state index is 12.1. The second-order valence-electron chi connectivity index (χ2n) is 5.81. The van der Waals surface area contributed by atoms with Crippen LogP contribution in [0.1, 0.15) is 30.1 Å². The molecule has 0 saturated carbocycles. The van der Waals surface area contributed by atoms with Crippen LogP contribution in [0.3, 0.4) is 0 Å². The van der Waals surface area contributed by atoms with Crippen LogP contribution in [0.4, 0.5) is 0 Å². The van der Waals surface area contributed by atoms with Gasteiger partial charge in [-0.05, 0) is 25.3 Å². The van der Waals surface area contributed by atoms with Crippen molar-refractivity contribution < 1.29 is 9.53 Å². The van der Waals surface area contributed by atoms with Crippen molar-refractivity contribution in [1.29, 1.82) is 0 Å². The Morgan fingerprint density at radius 3 is 2.62 bits per heavy atom. The molecule has 2 heterocycles. The van der Waals surface area contributed by atoms with Gasteiger partial charge in [0.1, 0.15) is 6.10 Å². The normalized spacial score (nSPS) is 25.6. The van der Waals surface area contributed by atoms with Crippen molar-refractivity contribution in [2.45, 2.75) is 31.9 Å². The Hall–Kier alpha value is -1.10. The molecule has 21 heavy (non-hydrogen) atoms. The smallest absolute Gasteiger partial charge is 0.226 e. The number of halogens is 1. The summed E-state index contributed by atoms with van der Waals surface area (Å²) in [6.07, 6.45) is 1.99. The van der Waals surface area contributed by atoms with E-state index in [-0.39, 0.29) is 36.4 Å². The molecule has 0 bridgehead atoms. The van der Waals surface area contributed by atoms with E-state index >= 15 is 0 Å². The summed E-state index contributed by atoms with van der Waals surface area (Å²) in [5.74, 6) is 0.298. The average molecular weight is 311 g/mol. The lowest BCUT2D eigenvalue weighted by atomic mass is 9.94. The van der Waals surface area contributed by atoms with Gasteiger partial charge in [-0.1, -0.05) is 29.8 Å². The summed E-state index contributed by atoms with van der Waals surface area (Å²) in [5, 5.41) is 6.32. The molecule has 1 amide bonds. The Morgan fingerprint density at radius 2 is 2.00 bits per heavy atom. The Kier molecular flexibility index (Phi) is 5.62. The van der Waals surface area contributed by atoms with Gasteiger partial charge in [-0.15, -0.1) is 12.4 Å². The highest BCUT2D eigenvalue weighted by molar-refractivity contribution is 5.85. The minimum Gasteiger partial charge on any atom is -0.371 e. The van der Waals surface area contributed by atoms with E-state index in [1.54, 1.807) is 0 Å². The zero-order valence-electron chi connectivity index (χ0n) is 12.3. The molecule has 5 heteroatoms. The zero-order chi connectivity index (χ0) is 13.9. The Morgan fingerprint density at radius 1 is 1.29 bits per heavy atom. The van der Waals surface area contributed by atoms with Crippen molar-refractivity contribution in [3.63, 3.8) is 0 Å². The molecule has 2 fully saturated rings. The lowest BCUT2D eigenvalue weighted by Gasteiger charge is -2.35. The quantitative estimate of drug-likeness (QED) is 0.897. The van der Waals surface area contributed by atoms with E-state index < -0.39 is 0 Å². The summed E-state index contributed by atoms with van der Waals surface area (Å²) in [4.78, 5) is 12.1. The number of carbonyl (C=O) groups is 1. The van der Waals surface area contributed by atoms with Crippen LogP contribution in [-0.2, 0) is 9.53 Å². The topological polar surface area (TPSA) is 50.4 Å². The minimum atomic E-state index is -0.0127. The number of amides is 1. The molecular formula is C16H23ClN2O2. The third-order valence-electron chi connectivity index (χ3n) is 4.21. The molecule has 116 valence electrons. The Balaban J connectivity index is 0.00000161. The number of hydrogen-bond acceptors (Lipinski definition) is 3. The van der Waals surface area contributed by atoms with Crippen molar-refractivity contribution in [1.82, 2.24) is 10.6 Å². The predicted molar refractivity (Wildman–Crippen MR) is 84.6 cm³/mol. The average Bonchev–Trinajstić information content (AvgIpc) is 2.38. The number of rotatable bonds is 3. The minimum absolute atomic E-state index is 0. The second-order valence-corrected chi connectivity index (χ2v) is 5.81. The second kappa shape index (κ2) is 7.25. The first kappa shape index (κ1) is 16.3. The van der Waals surface area contributed by atoms with Gasteiger partial charge < -0.3 is 15.4 Å². The first-order valence-electron chi connectivity index (χ1n) is 7.43. The van der Waals surface area contributed by atoms with E-state index in [9.17, 15) is 4.79 Å². The maximum atomic E-state index is 12.1. The van der Waals surface area contributed by atoms with Gasteiger partial charge in [-0.25, -0.2) is 0 Å². The highest BCUT2D eigenvalue weighted by Gasteiger charge is 2.32. The fraction of sp³-hybridized carbons (Fsp3) is 0.562. The van der Waals surface area contributed by atoms with Crippen LogP contribution in [0, 0.1) is 12.8 Å². The van der Waals surface area contributed by atoms with Gasteiger partial charge in [0.25, 0.3) is 0 Å². The van der Waals surface area contributed by atoms with E-state index in [1.807, 2.05) is 0 Å². The lowest BCUT2D eigenvalue weighted by molar-refractivity contribution is -0.129.